The van der Waals surface area contributed by atoms with E-state index in [9.17, 15) is 24.0 Å². The number of Topliss-reactive ketones (excluding diaryl/α,β-unsaturated/α-hetero) is 4. The van der Waals surface area contributed by atoms with Crippen LogP contribution in [0.1, 0.15) is 51.8 Å². The molecule has 4 rings (SSSR count). The molecule has 1 aliphatic heterocycles. The van der Waals surface area contributed by atoms with Gasteiger partial charge >= 0.3 is 5.97 Å². The van der Waals surface area contributed by atoms with E-state index >= 15 is 0 Å². The molecule has 10 heteroatoms. The van der Waals surface area contributed by atoms with Gasteiger partial charge in [-0.3, -0.25) is 19.2 Å². The lowest BCUT2D eigenvalue weighted by molar-refractivity contribution is 0.0600. The van der Waals surface area contributed by atoms with Gasteiger partial charge in [0.2, 0.25) is 23.1 Å². The van der Waals surface area contributed by atoms with Gasteiger partial charge in [-0.25, -0.2) is 4.79 Å². The zero-order valence-corrected chi connectivity index (χ0v) is 20.7. The summed E-state index contributed by atoms with van der Waals surface area (Å²) in [5.74, 6) is -3.68. The van der Waals surface area contributed by atoms with Crippen LogP contribution in [-0.2, 0) is 4.74 Å². The van der Waals surface area contributed by atoms with Gasteiger partial charge in [0.15, 0.2) is 23.0 Å². The van der Waals surface area contributed by atoms with E-state index in [0.717, 1.165) is 0 Å². The Kier molecular flexibility index (Phi) is 7.52. The molecule has 0 saturated heterocycles. The number of hydrogen-bond donors (Lipinski definition) is 0. The molecule has 0 aliphatic carbocycles. The van der Waals surface area contributed by atoms with E-state index in [1.165, 1.54) is 75.9 Å². The van der Waals surface area contributed by atoms with Gasteiger partial charge in [-0.1, -0.05) is 12.1 Å². The van der Waals surface area contributed by atoms with Crippen LogP contribution in [0, 0.1) is 0 Å². The van der Waals surface area contributed by atoms with Gasteiger partial charge in [-0.05, 0) is 42.5 Å². The fraction of sp³-hybridized carbons (Fsp3) is 0.179. The third kappa shape index (κ3) is 4.96. The average molecular weight is 518 g/mol. The Hall–Kier alpha value is -4.99. The minimum absolute atomic E-state index is 0.00864. The first-order valence-electron chi connectivity index (χ1n) is 11.3. The Labute approximate surface area is 217 Å². The van der Waals surface area contributed by atoms with Crippen molar-refractivity contribution < 1.29 is 47.7 Å². The minimum atomic E-state index is -1.05. The Morgan fingerprint density at radius 2 is 1.05 bits per heavy atom. The standard InChI is InChI=1S/C28H22O10/c1-34-20-9-8-17(12-21(20)35-2)25(30)27(32)19-14-23-22(37-10-11-38-23)13-18(19)26(31)24(29)15-4-6-16(7-5-15)28(33)36-3/h4-9,12-14H,10-11H2,1-3H3. The summed E-state index contributed by atoms with van der Waals surface area (Å²) in [6, 6.07) is 11.9. The van der Waals surface area contributed by atoms with Gasteiger partial charge in [0.25, 0.3) is 0 Å². The maximum atomic E-state index is 13.4. The first kappa shape index (κ1) is 26.1. The predicted molar refractivity (Wildman–Crippen MR) is 132 cm³/mol. The molecular weight excluding hydrogens is 496 g/mol. The van der Waals surface area contributed by atoms with E-state index in [2.05, 4.69) is 4.74 Å². The van der Waals surface area contributed by atoms with Crippen molar-refractivity contribution in [1.82, 2.24) is 0 Å². The van der Waals surface area contributed by atoms with Gasteiger partial charge in [-0.15, -0.1) is 0 Å². The Bertz CT molecular complexity index is 1450. The molecule has 0 saturated carbocycles. The monoisotopic (exact) mass is 518 g/mol. The summed E-state index contributed by atoms with van der Waals surface area (Å²) in [6.45, 7) is 0.393. The number of esters is 1. The second kappa shape index (κ2) is 11.0. The summed E-state index contributed by atoms with van der Waals surface area (Å²) in [5.41, 5.74) is -0.492. The van der Waals surface area contributed by atoms with Crippen molar-refractivity contribution >= 4 is 29.1 Å². The number of carbonyl (C=O) groups excluding carboxylic acids is 5. The fourth-order valence-electron chi connectivity index (χ4n) is 3.82. The number of carbonyl (C=O) groups is 5. The lowest BCUT2D eigenvalue weighted by Crippen LogP contribution is -2.24. The van der Waals surface area contributed by atoms with E-state index in [4.69, 9.17) is 18.9 Å². The SMILES string of the molecule is COC(=O)c1ccc(C(=O)C(=O)c2cc3c(cc2C(=O)C(=O)c2ccc(OC)c(OC)c2)OCCO3)cc1. The van der Waals surface area contributed by atoms with Crippen LogP contribution in [0.25, 0.3) is 0 Å². The van der Waals surface area contributed by atoms with Crippen LogP contribution in [0.3, 0.4) is 0 Å². The molecule has 1 heterocycles. The van der Waals surface area contributed by atoms with E-state index in [-0.39, 0.29) is 58.3 Å². The van der Waals surface area contributed by atoms with Crippen LogP contribution in [0.15, 0.2) is 54.6 Å². The second-order valence-electron chi connectivity index (χ2n) is 8.00. The van der Waals surface area contributed by atoms with E-state index in [1.807, 2.05) is 0 Å². The summed E-state index contributed by atoms with van der Waals surface area (Å²) < 4.78 is 26.1. The zero-order chi connectivity index (χ0) is 27.4. The highest BCUT2D eigenvalue weighted by Crippen LogP contribution is 2.35. The van der Waals surface area contributed by atoms with Crippen LogP contribution in [0.4, 0.5) is 0 Å². The number of ketones is 4. The number of fused-ring (bicyclic) bond motifs is 1. The summed E-state index contributed by atoms with van der Waals surface area (Å²) in [5, 5.41) is 0. The van der Waals surface area contributed by atoms with Crippen LogP contribution in [0.5, 0.6) is 23.0 Å². The van der Waals surface area contributed by atoms with E-state index in [0.29, 0.717) is 5.75 Å². The molecule has 0 spiro atoms. The van der Waals surface area contributed by atoms with Crippen molar-refractivity contribution in [2.24, 2.45) is 0 Å². The van der Waals surface area contributed by atoms with E-state index < -0.39 is 29.1 Å². The molecule has 0 N–H and O–H groups in total. The summed E-state index contributed by atoms with van der Waals surface area (Å²) in [6.07, 6.45) is 0. The maximum absolute atomic E-state index is 13.4. The van der Waals surface area contributed by atoms with Crippen LogP contribution in [-0.4, -0.2) is 63.6 Å². The zero-order valence-electron chi connectivity index (χ0n) is 20.7. The molecule has 3 aromatic rings. The van der Waals surface area contributed by atoms with Crippen molar-refractivity contribution in [1.29, 1.82) is 0 Å². The van der Waals surface area contributed by atoms with Crippen molar-refractivity contribution in [2.75, 3.05) is 34.5 Å². The number of hydrogen-bond acceptors (Lipinski definition) is 10. The number of rotatable bonds is 9. The lowest BCUT2D eigenvalue weighted by Gasteiger charge is -2.20. The topological polar surface area (TPSA) is 132 Å². The maximum Gasteiger partial charge on any atom is 0.337 e. The second-order valence-corrected chi connectivity index (χ2v) is 8.00. The van der Waals surface area contributed by atoms with Gasteiger partial charge in [0.1, 0.15) is 13.2 Å². The largest absolute Gasteiger partial charge is 0.493 e. The van der Waals surface area contributed by atoms with E-state index in [1.54, 1.807) is 0 Å². The predicted octanol–water partition coefficient (Wildman–Crippen LogP) is 3.39. The van der Waals surface area contributed by atoms with Gasteiger partial charge in [0.05, 0.1) is 26.9 Å². The third-order valence-electron chi connectivity index (χ3n) is 5.80. The molecule has 10 nitrogen and oxygen atoms in total. The summed E-state index contributed by atoms with van der Waals surface area (Å²) >= 11 is 0. The normalized spacial score (nSPS) is 11.8. The van der Waals surface area contributed by atoms with Gasteiger partial charge in [-0.2, -0.15) is 0 Å². The lowest BCUT2D eigenvalue weighted by atomic mass is 9.91. The third-order valence-corrected chi connectivity index (χ3v) is 5.80. The molecule has 38 heavy (non-hydrogen) atoms. The molecule has 3 aromatic carbocycles. The molecule has 0 atom stereocenters. The fourth-order valence-corrected chi connectivity index (χ4v) is 3.82. The number of benzene rings is 3. The molecule has 0 unspecified atom stereocenters. The van der Waals surface area contributed by atoms with Crippen LogP contribution < -0.4 is 18.9 Å². The number of ether oxygens (including phenoxy) is 5. The van der Waals surface area contributed by atoms with Crippen molar-refractivity contribution in [3.63, 3.8) is 0 Å². The minimum Gasteiger partial charge on any atom is -0.493 e. The summed E-state index contributed by atoms with van der Waals surface area (Å²) in [7, 11) is 4.03. The van der Waals surface area contributed by atoms with Gasteiger partial charge in [0, 0.05) is 22.3 Å². The first-order valence-corrected chi connectivity index (χ1v) is 11.3. The van der Waals surface area contributed by atoms with Gasteiger partial charge < -0.3 is 23.7 Å². The Morgan fingerprint density at radius 3 is 1.55 bits per heavy atom. The molecule has 0 aromatic heterocycles. The average Bonchev–Trinajstić information content (AvgIpc) is 2.98. The smallest absolute Gasteiger partial charge is 0.337 e. The molecular formula is C28H22O10. The number of methoxy groups -OCH3 is 3. The molecule has 0 bridgehead atoms. The quantitative estimate of drug-likeness (QED) is 0.236. The van der Waals surface area contributed by atoms with Crippen molar-refractivity contribution in [3.05, 3.63) is 82.4 Å². The van der Waals surface area contributed by atoms with Crippen LogP contribution in [0.2, 0.25) is 0 Å². The first-order chi connectivity index (χ1) is 18.3. The molecule has 194 valence electrons. The molecule has 0 radical (unpaired) electrons. The highest BCUT2D eigenvalue weighted by atomic mass is 16.6. The van der Waals surface area contributed by atoms with Crippen molar-refractivity contribution in [2.45, 2.75) is 0 Å². The molecule has 0 amide bonds. The van der Waals surface area contributed by atoms with Crippen molar-refractivity contribution in [3.8, 4) is 23.0 Å². The molecule has 0 fully saturated rings. The Morgan fingerprint density at radius 1 is 0.579 bits per heavy atom. The summed E-state index contributed by atoms with van der Waals surface area (Å²) in [4.78, 5) is 64.6. The Balaban J connectivity index is 1.73. The van der Waals surface area contributed by atoms with Crippen LogP contribution >= 0.6 is 0 Å². The molecule has 1 aliphatic rings. The highest BCUT2D eigenvalue weighted by Gasteiger charge is 2.31. The highest BCUT2D eigenvalue weighted by molar-refractivity contribution is 6.54.